The van der Waals surface area contributed by atoms with E-state index in [1.54, 1.807) is 43.5 Å². The average molecular weight is 472 g/mol. The van der Waals surface area contributed by atoms with Gasteiger partial charge in [-0.15, -0.1) is 0 Å². The van der Waals surface area contributed by atoms with Crippen LogP contribution in [0.5, 0.6) is 5.75 Å². The summed E-state index contributed by atoms with van der Waals surface area (Å²) >= 11 is 0. The summed E-state index contributed by atoms with van der Waals surface area (Å²) in [5.74, 6) is 0.386. The molecule has 0 unspecified atom stereocenters. The van der Waals surface area contributed by atoms with Crippen LogP contribution >= 0.6 is 0 Å². The minimum Gasteiger partial charge on any atom is -0.410 e. The predicted molar refractivity (Wildman–Crippen MR) is 131 cm³/mol. The van der Waals surface area contributed by atoms with Gasteiger partial charge in [0.2, 0.25) is 0 Å². The maximum atomic E-state index is 12.7. The number of pyridine rings is 1. The first-order chi connectivity index (χ1) is 16.9. The van der Waals surface area contributed by atoms with Crippen molar-refractivity contribution in [1.82, 2.24) is 15.6 Å². The van der Waals surface area contributed by atoms with Gasteiger partial charge in [0.15, 0.2) is 0 Å². The number of amides is 3. The normalized spacial score (nSPS) is 13.6. The minimum atomic E-state index is -0.940. The van der Waals surface area contributed by atoms with E-state index in [0.29, 0.717) is 29.1 Å². The molecule has 0 atom stereocenters. The maximum absolute atomic E-state index is 12.7. The molecule has 0 aliphatic carbocycles. The van der Waals surface area contributed by atoms with Crippen molar-refractivity contribution in [2.45, 2.75) is 19.9 Å². The number of rotatable bonds is 7. The van der Waals surface area contributed by atoms with Crippen LogP contribution in [0.3, 0.4) is 0 Å². The minimum absolute atomic E-state index is 0.197. The van der Waals surface area contributed by atoms with Crippen molar-refractivity contribution in [2.75, 3.05) is 11.4 Å². The summed E-state index contributed by atoms with van der Waals surface area (Å²) in [5.41, 5.74) is 8.33. The van der Waals surface area contributed by atoms with E-state index in [1.807, 2.05) is 35.2 Å². The first-order valence-electron chi connectivity index (χ1n) is 11.0. The number of benzene rings is 2. The number of nitrogens with two attached hydrogens (primary N) is 1. The van der Waals surface area contributed by atoms with Crippen LogP contribution in [0.4, 0.5) is 10.6 Å². The van der Waals surface area contributed by atoms with Gasteiger partial charge < -0.3 is 26.0 Å². The summed E-state index contributed by atoms with van der Waals surface area (Å²) in [7, 11) is 0. The molecule has 1 aliphatic heterocycles. The number of carbonyl (C=O) groups is 3. The molecule has 9 heteroatoms. The highest BCUT2D eigenvalue weighted by Crippen LogP contribution is 2.27. The zero-order valence-corrected chi connectivity index (χ0v) is 19.2. The van der Waals surface area contributed by atoms with Gasteiger partial charge in [0.05, 0.1) is 5.56 Å². The van der Waals surface area contributed by atoms with Crippen molar-refractivity contribution < 1.29 is 19.1 Å². The molecule has 0 saturated carbocycles. The lowest BCUT2D eigenvalue weighted by atomic mass is 10.1. The molecule has 0 radical (unpaired) electrons. The van der Waals surface area contributed by atoms with Crippen LogP contribution in [0.15, 0.2) is 78.8 Å². The van der Waals surface area contributed by atoms with E-state index in [9.17, 15) is 14.4 Å². The van der Waals surface area contributed by atoms with Gasteiger partial charge in [0.1, 0.15) is 11.6 Å². The number of hydrogen-bond donors (Lipinski definition) is 3. The highest BCUT2D eigenvalue weighted by atomic mass is 16.5. The summed E-state index contributed by atoms with van der Waals surface area (Å²) in [6.07, 6.45) is 3.00. The lowest BCUT2D eigenvalue weighted by molar-refractivity contribution is 0.0947. The standard InChI is InChI=1S/C26H25N5O4/c1-17-21(8-5-9-22(17)35-26(27)34)25(33)30-16-20-12-13-31(20)23-11-10-19(15-28-23)24(32)29-14-18-6-3-2-4-7-18/h2-11,15-16H,12-14H2,1H3,(H2,27,34)(H,29,32)(H,30,33)/b20-16+. The van der Waals surface area contributed by atoms with Gasteiger partial charge in [-0.3, -0.25) is 9.59 Å². The Morgan fingerprint density at radius 3 is 2.51 bits per heavy atom. The number of anilines is 1. The fourth-order valence-corrected chi connectivity index (χ4v) is 3.63. The number of hydrogen-bond acceptors (Lipinski definition) is 6. The molecular weight excluding hydrogens is 446 g/mol. The second kappa shape index (κ2) is 10.5. The smallest absolute Gasteiger partial charge is 0.409 e. The zero-order chi connectivity index (χ0) is 24.8. The second-order valence-corrected chi connectivity index (χ2v) is 7.93. The van der Waals surface area contributed by atoms with Gasteiger partial charge >= 0.3 is 6.09 Å². The fraction of sp³-hybridized carbons (Fsp3) is 0.154. The molecule has 3 aromatic rings. The Bertz CT molecular complexity index is 1270. The van der Waals surface area contributed by atoms with Crippen molar-refractivity contribution in [1.29, 1.82) is 0 Å². The topological polar surface area (TPSA) is 127 Å². The van der Waals surface area contributed by atoms with E-state index in [2.05, 4.69) is 15.6 Å². The molecule has 0 bridgehead atoms. The van der Waals surface area contributed by atoms with Gasteiger partial charge in [0, 0.05) is 48.7 Å². The van der Waals surface area contributed by atoms with Crippen molar-refractivity contribution in [3.8, 4) is 5.75 Å². The van der Waals surface area contributed by atoms with E-state index in [4.69, 9.17) is 10.5 Å². The molecule has 1 aromatic heterocycles. The van der Waals surface area contributed by atoms with E-state index in [1.165, 1.54) is 6.20 Å². The Morgan fingerprint density at radius 1 is 1.06 bits per heavy atom. The van der Waals surface area contributed by atoms with Crippen LogP contribution in [-0.2, 0) is 6.54 Å². The first-order valence-corrected chi connectivity index (χ1v) is 11.0. The molecule has 3 amide bonds. The Balaban J connectivity index is 1.36. The Labute approximate surface area is 202 Å². The molecule has 178 valence electrons. The van der Waals surface area contributed by atoms with E-state index < -0.39 is 6.09 Å². The van der Waals surface area contributed by atoms with Gasteiger partial charge in [-0.1, -0.05) is 36.4 Å². The fourth-order valence-electron chi connectivity index (χ4n) is 3.63. The van der Waals surface area contributed by atoms with Crippen LogP contribution in [0.25, 0.3) is 0 Å². The number of ether oxygens (including phenoxy) is 1. The average Bonchev–Trinajstić information content (AvgIpc) is 2.84. The number of nitrogens with one attached hydrogen (secondary N) is 2. The summed E-state index contributed by atoms with van der Waals surface area (Å²) in [5, 5.41) is 5.66. The van der Waals surface area contributed by atoms with Crippen molar-refractivity contribution in [3.63, 3.8) is 0 Å². The highest BCUT2D eigenvalue weighted by Gasteiger charge is 2.23. The second-order valence-electron chi connectivity index (χ2n) is 7.93. The number of nitrogens with zero attached hydrogens (tertiary/aromatic N) is 2. The quantitative estimate of drug-likeness (QED) is 0.486. The van der Waals surface area contributed by atoms with E-state index in [-0.39, 0.29) is 17.6 Å². The Morgan fingerprint density at radius 2 is 1.86 bits per heavy atom. The zero-order valence-electron chi connectivity index (χ0n) is 19.2. The lowest BCUT2D eigenvalue weighted by Crippen LogP contribution is -2.37. The predicted octanol–water partition coefficient (Wildman–Crippen LogP) is 3.26. The molecule has 4 N–H and O–H groups in total. The summed E-state index contributed by atoms with van der Waals surface area (Å²) in [6, 6.07) is 18.0. The molecular formula is C26H25N5O4. The largest absolute Gasteiger partial charge is 0.410 e. The van der Waals surface area contributed by atoms with Crippen LogP contribution in [0.2, 0.25) is 0 Å². The van der Waals surface area contributed by atoms with Gasteiger partial charge in [-0.25, -0.2) is 9.78 Å². The molecule has 0 spiro atoms. The highest BCUT2D eigenvalue weighted by molar-refractivity contribution is 5.97. The number of aromatic nitrogens is 1. The van der Waals surface area contributed by atoms with Crippen LogP contribution in [0.1, 0.15) is 38.3 Å². The van der Waals surface area contributed by atoms with E-state index in [0.717, 1.165) is 24.2 Å². The number of primary amides is 1. The van der Waals surface area contributed by atoms with Gasteiger partial charge in [0.25, 0.3) is 11.8 Å². The Hall–Kier alpha value is -4.66. The SMILES string of the molecule is Cc1c(OC(N)=O)cccc1C(=O)N/C=C1\CCN1c1ccc(C(=O)NCc2ccccc2)cn1. The number of carbonyl (C=O) groups excluding carboxylic acids is 3. The molecule has 4 rings (SSSR count). The van der Waals surface area contributed by atoms with Crippen molar-refractivity contribution >= 4 is 23.7 Å². The molecule has 2 aromatic carbocycles. The van der Waals surface area contributed by atoms with Crippen LogP contribution in [0, 0.1) is 6.92 Å². The summed E-state index contributed by atoms with van der Waals surface area (Å²) < 4.78 is 4.93. The molecule has 9 nitrogen and oxygen atoms in total. The summed E-state index contributed by atoms with van der Waals surface area (Å²) in [6.45, 7) is 2.86. The van der Waals surface area contributed by atoms with E-state index >= 15 is 0 Å². The molecule has 35 heavy (non-hydrogen) atoms. The molecule has 1 saturated heterocycles. The lowest BCUT2D eigenvalue weighted by Gasteiger charge is -2.35. The third-order valence-corrected chi connectivity index (χ3v) is 5.63. The molecule has 1 fully saturated rings. The van der Waals surface area contributed by atoms with Crippen LogP contribution < -0.4 is 26.0 Å². The molecule has 1 aliphatic rings. The van der Waals surface area contributed by atoms with Crippen LogP contribution in [-0.4, -0.2) is 29.4 Å². The third-order valence-electron chi connectivity index (χ3n) is 5.63. The monoisotopic (exact) mass is 471 g/mol. The molecule has 2 heterocycles. The van der Waals surface area contributed by atoms with Gasteiger partial charge in [-0.2, -0.15) is 0 Å². The third kappa shape index (κ3) is 5.64. The maximum Gasteiger partial charge on any atom is 0.409 e. The first kappa shape index (κ1) is 23.5. The summed E-state index contributed by atoms with van der Waals surface area (Å²) in [4.78, 5) is 42.5. The van der Waals surface area contributed by atoms with Crippen molar-refractivity contribution in [2.24, 2.45) is 5.73 Å². The van der Waals surface area contributed by atoms with Gasteiger partial charge in [-0.05, 0) is 36.8 Å². The van der Waals surface area contributed by atoms with Crippen molar-refractivity contribution in [3.05, 3.63) is 101 Å². The Kier molecular flexibility index (Phi) is 7.06.